The number of hydrogen-bond donors (Lipinski definition) is 0. The van der Waals surface area contributed by atoms with E-state index in [1.807, 2.05) is 13.8 Å². The number of aliphatic imine (C=N–C) groups is 1. The molecule has 0 aliphatic carbocycles. The Morgan fingerprint density at radius 1 is 0.744 bits per heavy atom. The van der Waals surface area contributed by atoms with E-state index >= 15 is 0 Å². The Morgan fingerprint density at radius 2 is 1.35 bits per heavy atom. The van der Waals surface area contributed by atoms with E-state index in [4.69, 9.17) is 37.9 Å². The Morgan fingerprint density at radius 3 is 1.95 bits per heavy atom. The van der Waals surface area contributed by atoms with Crippen LogP contribution in [0, 0.1) is 0 Å². The minimum absolute atomic E-state index is 0.0893. The van der Waals surface area contributed by atoms with E-state index in [0.29, 0.717) is 65.4 Å². The standard InChI is InChI=1S/C32H33NO10/c1-7-39-23-13-11-20(16-26(23)41-9-3)30-33-22(32(35)43-30)14-19-10-12-24(25(15-19)40-8-2)42-31(34)21-17-27(36-4)29(38-6)28(18-21)37-5/h10-18H,7-9H2,1-6H3/b22-14-. The van der Waals surface area contributed by atoms with E-state index in [9.17, 15) is 9.59 Å². The molecule has 11 heteroatoms. The topological polar surface area (TPSA) is 120 Å². The fraction of sp³-hybridized carbons (Fsp3) is 0.281. The third kappa shape index (κ3) is 7.00. The zero-order valence-electron chi connectivity index (χ0n) is 24.8. The van der Waals surface area contributed by atoms with Crippen molar-refractivity contribution in [1.29, 1.82) is 0 Å². The highest BCUT2D eigenvalue weighted by molar-refractivity contribution is 6.13. The van der Waals surface area contributed by atoms with Crippen LogP contribution in [0.2, 0.25) is 0 Å². The molecular formula is C32H33NO10. The van der Waals surface area contributed by atoms with Crippen molar-refractivity contribution in [3.05, 3.63) is 70.9 Å². The van der Waals surface area contributed by atoms with E-state index in [0.717, 1.165) is 0 Å². The minimum atomic E-state index is -0.665. The lowest BCUT2D eigenvalue weighted by atomic mass is 10.1. The van der Waals surface area contributed by atoms with Crippen LogP contribution < -0.4 is 33.2 Å². The van der Waals surface area contributed by atoms with Gasteiger partial charge in [0.1, 0.15) is 0 Å². The SMILES string of the molecule is CCOc1ccc(C2=N/C(=C\c3ccc(OC(=O)c4cc(OC)c(OC)c(OC)c4)c(OCC)c3)C(=O)O2)cc1OCC. The molecule has 4 rings (SSSR count). The fourth-order valence-corrected chi connectivity index (χ4v) is 4.20. The predicted octanol–water partition coefficient (Wildman–Crippen LogP) is 5.47. The second-order valence-electron chi connectivity index (χ2n) is 8.81. The van der Waals surface area contributed by atoms with Crippen LogP contribution in [-0.4, -0.2) is 59.0 Å². The maximum absolute atomic E-state index is 13.1. The highest BCUT2D eigenvalue weighted by atomic mass is 16.6. The highest BCUT2D eigenvalue weighted by Gasteiger charge is 2.26. The molecule has 0 saturated heterocycles. The summed E-state index contributed by atoms with van der Waals surface area (Å²) in [6.07, 6.45) is 1.56. The lowest BCUT2D eigenvalue weighted by Crippen LogP contribution is -2.11. The van der Waals surface area contributed by atoms with Crippen LogP contribution in [0.5, 0.6) is 40.2 Å². The molecule has 1 heterocycles. The smallest absolute Gasteiger partial charge is 0.363 e. The Labute approximate surface area is 249 Å². The molecule has 0 atom stereocenters. The quantitative estimate of drug-likeness (QED) is 0.144. The van der Waals surface area contributed by atoms with Crippen LogP contribution in [0.4, 0.5) is 0 Å². The average Bonchev–Trinajstić information content (AvgIpc) is 3.38. The van der Waals surface area contributed by atoms with E-state index in [1.54, 1.807) is 49.4 Å². The molecule has 0 fully saturated rings. The third-order valence-corrected chi connectivity index (χ3v) is 6.08. The highest BCUT2D eigenvalue weighted by Crippen LogP contribution is 2.39. The molecule has 0 radical (unpaired) electrons. The number of carbonyl (C=O) groups excluding carboxylic acids is 2. The zero-order valence-corrected chi connectivity index (χ0v) is 24.8. The summed E-state index contributed by atoms with van der Waals surface area (Å²) in [4.78, 5) is 30.1. The summed E-state index contributed by atoms with van der Waals surface area (Å²) >= 11 is 0. The van der Waals surface area contributed by atoms with Gasteiger partial charge in [0.15, 0.2) is 40.2 Å². The first-order valence-electron chi connectivity index (χ1n) is 13.6. The molecule has 1 aliphatic rings. The summed E-state index contributed by atoms with van der Waals surface area (Å²) in [6.45, 7) is 6.78. The van der Waals surface area contributed by atoms with Gasteiger partial charge in [0, 0.05) is 5.56 Å². The maximum atomic E-state index is 13.1. The predicted molar refractivity (Wildman–Crippen MR) is 158 cm³/mol. The molecule has 3 aromatic rings. The number of ether oxygens (including phenoxy) is 8. The van der Waals surface area contributed by atoms with Gasteiger partial charge in [0.25, 0.3) is 0 Å². The monoisotopic (exact) mass is 591 g/mol. The van der Waals surface area contributed by atoms with Gasteiger partial charge in [0.2, 0.25) is 11.6 Å². The summed E-state index contributed by atoms with van der Waals surface area (Å²) in [5.41, 5.74) is 1.41. The molecule has 0 spiro atoms. The van der Waals surface area contributed by atoms with Crippen molar-refractivity contribution in [2.24, 2.45) is 4.99 Å². The van der Waals surface area contributed by atoms with Gasteiger partial charge in [-0.05, 0) is 74.9 Å². The van der Waals surface area contributed by atoms with Crippen LogP contribution in [0.15, 0.2) is 59.2 Å². The zero-order chi connectivity index (χ0) is 30.9. The first-order chi connectivity index (χ1) is 20.8. The van der Waals surface area contributed by atoms with Crippen LogP contribution in [0.3, 0.4) is 0 Å². The largest absolute Gasteiger partial charge is 0.493 e. The summed E-state index contributed by atoms with van der Waals surface area (Å²) in [5, 5.41) is 0. The normalized spacial score (nSPS) is 13.2. The maximum Gasteiger partial charge on any atom is 0.363 e. The van der Waals surface area contributed by atoms with Crippen molar-refractivity contribution in [3.63, 3.8) is 0 Å². The molecule has 11 nitrogen and oxygen atoms in total. The Bertz CT molecular complexity index is 1530. The van der Waals surface area contributed by atoms with Crippen LogP contribution >= 0.6 is 0 Å². The van der Waals surface area contributed by atoms with E-state index in [-0.39, 0.29) is 22.9 Å². The van der Waals surface area contributed by atoms with E-state index in [1.165, 1.54) is 33.5 Å². The number of carbonyl (C=O) groups is 2. The molecule has 0 bridgehead atoms. The summed E-state index contributed by atoms with van der Waals surface area (Å²) in [7, 11) is 4.38. The molecule has 226 valence electrons. The van der Waals surface area contributed by atoms with Gasteiger partial charge >= 0.3 is 11.9 Å². The molecule has 0 aromatic heterocycles. The summed E-state index contributed by atoms with van der Waals surface area (Å²) in [6, 6.07) is 13.1. The van der Waals surface area contributed by atoms with Crippen LogP contribution in [0.25, 0.3) is 6.08 Å². The van der Waals surface area contributed by atoms with Crippen molar-refractivity contribution in [2.75, 3.05) is 41.2 Å². The van der Waals surface area contributed by atoms with Crippen molar-refractivity contribution in [1.82, 2.24) is 0 Å². The number of benzene rings is 3. The Kier molecular flexibility index (Phi) is 10.1. The Hall–Kier alpha value is -5.19. The first kappa shape index (κ1) is 30.8. The van der Waals surface area contributed by atoms with Gasteiger partial charge in [-0.1, -0.05) is 6.07 Å². The summed E-state index contributed by atoms with van der Waals surface area (Å²) in [5.74, 6) is 1.41. The minimum Gasteiger partial charge on any atom is -0.493 e. The van der Waals surface area contributed by atoms with Crippen molar-refractivity contribution in [2.45, 2.75) is 20.8 Å². The van der Waals surface area contributed by atoms with E-state index < -0.39 is 11.9 Å². The van der Waals surface area contributed by atoms with Gasteiger partial charge < -0.3 is 37.9 Å². The third-order valence-electron chi connectivity index (χ3n) is 6.08. The summed E-state index contributed by atoms with van der Waals surface area (Å²) < 4.78 is 44.1. The molecule has 0 unspecified atom stereocenters. The molecule has 43 heavy (non-hydrogen) atoms. The van der Waals surface area contributed by atoms with Gasteiger partial charge in [0.05, 0.1) is 46.7 Å². The number of rotatable bonds is 13. The number of esters is 2. The second-order valence-corrected chi connectivity index (χ2v) is 8.81. The number of cyclic esters (lactones) is 1. The number of nitrogens with zero attached hydrogens (tertiary/aromatic N) is 1. The number of methoxy groups -OCH3 is 3. The van der Waals surface area contributed by atoms with Crippen LogP contribution in [0.1, 0.15) is 42.3 Å². The molecular weight excluding hydrogens is 558 g/mol. The van der Waals surface area contributed by atoms with E-state index in [2.05, 4.69) is 4.99 Å². The van der Waals surface area contributed by atoms with Gasteiger partial charge in [-0.2, -0.15) is 0 Å². The van der Waals surface area contributed by atoms with Gasteiger partial charge in [-0.3, -0.25) is 0 Å². The fourth-order valence-electron chi connectivity index (χ4n) is 4.20. The van der Waals surface area contributed by atoms with Crippen molar-refractivity contribution >= 4 is 23.9 Å². The molecule has 3 aromatic carbocycles. The van der Waals surface area contributed by atoms with Gasteiger partial charge in [-0.15, -0.1) is 0 Å². The molecule has 0 N–H and O–H groups in total. The number of hydrogen-bond acceptors (Lipinski definition) is 11. The lowest BCUT2D eigenvalue weighted by molar-refractivity contribution is -0.129. The van der Waals surface area contributed by atoms with Gasteiger partial charge in [-0.25, -0.2) is 14.6 Å². The van der Waals surface area contributed by atoms with Crippen molar-refractivity contribution < 1.29 is 47.5 Å². The Balaban J connectivity index is 1.60. The van der Waals surface area contributed by atoms with Crippen molar-refractivity contribution in [3.8, 4) is 40.2 Å². The first-order valence-corrected chi connectivity index (χ1v) is 13.6. The molecule has 0 saturated carbocycles. The molecule has 1 aliphatic heterocycles. The average molecular weight is 592 g/mol. The van der Waals surface area contributed by atoms with Crippen LogP contribution in [-0.2, 0) is 9.53 Å². The lowest BCUT2D eigenvalue weighted by Gasteiger charge is -2.15. The molecule has 0 amide bonds. The second kappa shape index (κ2) is 14.1.